The molecule has 0 spiro atoms. The van der Waals surface area contributed by atoms with Gasteiger partial charge in [-0.1, -0.05) is 202 Å². The fraction of sp³-hybridized carbons (Fsp3) is 0.0448. The van der Waals surface area contributed by atoms with Crippen molar-refractivity contribution in [3.8, 4) is 55.6 Å². The Balaban J connectivity index is 0.947. The van der Waals surface area contributed by atoms with Gasteiger partial charge in [-0.05, 0) is 115 Å². The molecule has 0 saturated carbocycles. The Bertz CT molecular complexity index is 4180. The highest BCUT2D eigenvalue weighted by Gasteiger charge is 2.36. The average molecular weight is 912 g/mol. The molecule has 0 saturated heterocycles. The quantitative estimate of drug-likeness (QED) is 0.158. The molecule has 0 aliphatic heterocycles. The van der Waals surface area contributed by atoms with Crippen LogP contribution < -0.4 is 4.90 Å². The third-order valence-electron chi connectivity index (χ3n) is 14.9. The third kappa shape index (κ3) is 6.25. The summed E-state index contributed by atoms with van der Waals surface area (Å²) in [7, 11) is 0. The largest absolute Gasteiger partial charge is 0.455 e. The summed E-state index contributed by atoms with van der Waals surface area (Å²) in [6.07, 6.45) is 0. The van der Waals surface area contributed by atoms with Gasteiger partial charge in [-0.25, -0.2) is 0 Å². The Morgan fingerprint density at radius 3 is 1.70 bits per heavy atom. The third-order valence-corrected chi connectivity index (χ3v) is 16.1. The Morgan fingerprint density at radius 2 is 0.914 bits per heavy atom. The second kappa shape index (κ2) is 15.8. The predicted octanol–water partition coefficient (Wildman–Crippen LogP) is 19.6. The smallest absolute Gasteiger partial charge is 0.143 e. The summed E-state index contributed by atoms with van der Waals surface area (Å²) >= 11 is 1.88. The van der Waals surface area contributed by atoms with E-state index in [1.807, 2.05) is 11.3 Å². The average Bonchev–Trinajstić information content (AvgIpc) is 4.07. The van der Waals surface area contributed by atoms with Crippen LogP contribution in [-0.2, 0) is 5.41 Å². The molecule has 14 rings (SSSR count). The summed E-state index contributed by atoms with van der Waals surface area (Å²) in [4.78, 5) is 2.43. The van der Waals surface area contributed by atoms with Gasteiger partial charge < -0.3 is 9.32 Å². The molecule has 13 aromatic rings. The van der Waals surface area contributed by atoms with E-state index in [-0.39, 0.29) is 5.41 Å². The molecule has 3 heteroatoms. The predicted molar refractivity (Wildman–Crippen MR) is 298 cm³/mol. The highest BCUT2D eigenvalue weighted by molar-refractivity contribution is 7.26. The van der Waals surface area contributed by atoms with E-state index in [2.05, 4.69) is 255 Å². The lowest BCUT2D eigenvalue weighted by Crippen LogP contribution is -2.16. The summed E-state index contributed by atoms with van der Waals surface area (Å²) < 4.78 is 9.46. The number of hydrogen-bond acceptors (Lipinski definition) is 3. The second-order valence-electron chi connectivity index (χ2n) is 19.2. The van der Waals surface area contributed by atoms with Crippen LogP contribution in [0.15, 0.2) is 241 Å². The first kappa shape index (κ1) is 40.6. The summed E-state index contributed by atoms with van der Waals surface area (Å²) in [5, 5.41) is 7.14. The number of rotatable bonds is 7. The van der Waals surface area contributed by atoms with Crippen LogP contribution in [0.25, 0.3) is 109 Å². The number of nitrogens with zero attached hydrogens (tertiary/aromatic N) is 1. The minimum atomic E-state index is -0.144. The van der Waals surface area contributed by atoms with Crippen molar-refractivity contribution in [3.63, 3.8) is 0 Å². The SMILES string of the molecule is CC1(C)c2ccccc2-c2ccc(N(c3ccc(-c4cccc5c4sc4ccccc45)cc3)c3ccc(-c4c(-c5ccc(-c6ccccc6)cc5)c5ccccc5c5oc6ccccc6c45)cc3)cc21. The maximum absolute atomic E-state index is 6.82. The van der Waals surface area contributed by atoms with Gasteiger partial charge in [0.25, 0.3) is 0 Å². The Labute approximate surface area is 411 Å². The zero-order chi connectivity index (χ0) is 46.5. The number of para-hydroxylation sites is 1. The first-order valence-electron chi connectivity index (χ1n) is 24.2. The molecule has 11 aromatic carbocycles. The van der Waals surface area contributed by atoms with E-state index in [1.54, 1.807) is 0 Å². The van der Waals surface area contributed by atoms with Gasteiger partial charge in [-0.3, -0.25) is 0 Å². The van der Waals surface area contributed by atoms with Crippen LogP contribution in [0, 0.1) is 0 Å². The molecule has 330 valence electrons. The standard InChI is InChI=1S/C67H45NOS/c1-67(2)58-24-11-8-17-51(58)52-40-39-49(41-59(52)67)68(47-35-31-44(32-36-47)50-22-14-23-56-53-18-10-13-26-61(53)70-66(50)56)48-37-33-46(34-38-48)63-62(45-29-27-43(28-30-45)42-15-4-3-5-16-42)54-19-6-7-20-55(54)65-64(63)57-21-9-12-25-60(57)69-65/h3-41H,1-2H3. The van der Waals surface area contributed by atoms with Gasteiger partial charge in [0.05, 0.1) is 0 Å². The number of benzene rings is 11. The van der Waals surface area contributed by atoms with Crippen LogP contribution in [0.4, 0.5) is 17.1 Å². The molecule has 0 unspecified atom stereocenters. The molecule has 70 heavy (non-hydrogen) atoms. The molecule has 0 amide bonds. The van der Waals surface area contributed by atoms with E-state index >= 15 is 0 Å². The van der Waals surface area contributed by atoms with Crippen molar-refractivity contribution < 1.29 is 4.42 Å². The summed E-state index contributed by atoms with van der Waals surface area (Å²) in [6.45, 7) is 4.72. The zero-order valence-electron chi connectivity index (χ0n) is 38.8. The summed E-state index contributed by atoms with van der Waals surface area (Å²) in [6, 6.07) is 86.8. The number of fused-ring (bicyclic) bond motifs is 11. The molecule has 2 nitrogen and oxygen atoms in total. The van der Waals surface area contributed by atoms with Crippen molar-refractivity contribution in [1.29, 1.82) is 0 Å². The second-order valence-corrected chi connectivity index (χ2v) is 20.2. The van der Waals surface area contributed by atoms with E-state index in [0.717, 1.165) is 60.9 Å². The molecule has 0 N–H and O–H groups in total. The molecule has 0 radical (unpaired) electrons. The lowest BCUT2D eigenvalue weighted by molar-refractivity contribution is 0.660. The van der Waals surface area contributed by atoms with E-state index < -0.39 is 0 Å². The molecule has 2 heterocycles. The molecular formula is C67H45NOS. The van der Waals surface area contributed by atoms with Gasteiger partial charge in [-0.15, -0.1) is 11.3 Å². The maximum Gasteiger partial charge on any atom is 0.143 e. The van der Waals surface area contributed by atoms with Crippen LogP contribution in [-0.4, -0.2) is 0 Å². The van der Waals surface area contributed by atoms with Gasteiger partial charge in [-0.2, -0.15) is 0 Å². The summed E-state index contributed by atoms with van der Waals surface area (Å²) in [5.41, 5.74) is 19.8. The van der Waals surface area contributed by atoms with E-state index in [0.29, 0.717) is 0 Å². The lowest BCUT2D eigenvalue weighted by Gasteiger charge is -2.28. The van der Waals surface area contributed by atoms with Crippen molar-refractivity contribution in [2.45, 2.75) is 19.3 Å². The van der Waals surface area contributed by atoms with Gasteiger partial charge in [0.2, 0.25) is 0 Å². The van der Waals surface area contributed by atoms with Crippen LogP contribution in [0.1, 0.15) is 25.0 Å². The first-order chi connectivity index (χ1) is 34.5. The monoisotopic (exact) mass is 911 g/mol. The normalized spacial score (nSPS) is 12.8. The number of thiophene rings is 1. The molecular weight excluding hydrogens is 867 g/mol. The van der Waals surface area contributed by atoms with Crippen LogP contribution in [0.3, 0.4) is 0 Å². The summed E-state index contributed by atoms with van der Waals surface area (Å²) in [5.74, 6) is 0. The fourth-order valence-electron chi connectivity index (χ4n) is 11.5. The van der Waals surface area contributed by atoms with Crippen molar-refractivity contribution in [2.75, 3.05) is 4.90 Å². The van der Waals surface area contributed by atoms with Gasteiger partial charge in [0.15, 0.2) is 0 Å². The molecule has 1 aliphatic carbocycles. The molecule has 2 aromatic heterocycles. The number of anilines is 3. The highest BCUT2D eigenvalue weighted by Crippen LogP contribution is 2.52. The molecule has 0 atom stereocenters. The zero-order valence-corrected chi connectivity index (χ0v) is 39.6. The van der Waals surface area contributed by atoms with Crippen molar-refractivity contribution >= 4 is 81.3 Å². The van der Waals surface area contributed by atoms with Gasteiger partial charge in [0, 0.05) is 64.4 Å². The van der Waals surface area contributed by atoms with Crippen LogP contribution >= 0.6 is 11.3 Å². The van der Waals surface area contributed by atoms with Crippen LogP contribution in [0.2, 0.25) is 0 Å². The number of hydrogen-bond donors (Lipinski definition) is 0. The maximum atomic E-state index is 6.82. The van der Waals surface area contributed by atoms with Crippen molar-refractivity contribution in [1.82, 2.24) is 0 Å². The van der Waals surface area contributed by atoms with Crippen LogP contribution in [0.5, 0.6) is 0 Å². The Kier molecular flexibility index (Phi) is 9.14. The molecule has 1 aliphatic rings. The van der Waals surface area contributed by atoms with Crippen molar-refractivity contribution in [3.05, 3.63) is 248 Å². The first-order valence-corrected chi connectivity index (χ1v) is 25.0. The van der Waals surface area contributed by atoms with Gasteiger partial charge >= 0.3 is 0 Å². The topological polar surface area (TPSA) is 16.4 Å². The molecule has 0 fully saturated rings. The fourth-order valence-corrected chi connectivity index (χ4v) is 12.7. The Morgan fingerprint density at radius 1 is 0.371 bits per heavy atom. The van der Waals surface area contributed by atoms with E-state index in [9.17, 15) is 0 Å². The van der Waals surface area contributed by atoms with E-state index in [1.165, 1.54) is 75.8 Å². The lowest BCUT2D eigenvalue weighted by atomic mass is 9.82. The Hall–Kier alpha value is -8.50. The molecule has 0 bridgehead atoms. The van der Waals surface area contributed by atoms with Gasteiger partial charge in [0.1, 0.15) is 11.2 Å². The minimum Gasteiger partial charge on any atom is -0.455 e. The number of furan rings is 1. The van der Waals surface area contributed by atoms with E-state index in [4.69, 9.17) is 4.42 Å². The van der Waals surface area contributed by atoms with Crippen molar-refractivity contribution in [2.24, 2.45) is 0 Å². The minimum absolute atomic E-state index is 0.144. The highest BCUT2D eigenvalue weighted by atomic mass is 32.1.